The lowest BCUT2D eigenvalue weighted by molar-refractivity contribution is -0.135. The van der Waals surface area contributed by atoms with Crippen molar-refractivity contribution in [2.75, 3.05) is 10.8 Å². The van der Waals surface area contributed by atoms with Crippen molar-refractivity contribution >= 4 is 39.3 Å². The van der Waals surface area contributed by atoms with Gasteiger partial charge in [-0.25, -0.2) is 17.6 Å². The number of anilines is 1. The normalized spacial score (nSPS) is 11.1. The van der Waals surface area contributed by atoms with E-state index in [1.807, 2.05) is 0 Å². The van der Waals surface area contributed by atoms with Crippen molar-refractivity contribution in [2.24, 2.45) is 0 Å². The van der Waals surface area contributed by atoms with Gasteiger partial charge in [-0.05, 0) is 42.5 Å². The van der Waals surface area contributed by atoms with E-state index in [1.54, 1.807) is 0 Å². The molecule has 0 bridgehead atoms. The first kappa shape index (κ1) is 18.7. The zero-order valence-corrected chi connectivity index (χ0v) is 14.0. The Labute approximate surface area is 146 Å². The SMILES string of the molecule is O=C(O)CN(c1ccc(Cl)c(C(=O)O)c1)S(=O)(=O)c1ccc(F)cc1. The van der Waals surface area contributed by atoms with E-state index in [9.17, 15) is 22.4 Å². The van der Waals surface area contributed by atoms with Gasteiger partial charge in [-0.15, -0.1) is 0 Å². The molecule has 0 saturated carbocycles. The van der Waals surface area contributed by atoms with Gasteiger partial charge < -0.3 is 10.2 Å². The van der Waals surface area contributed by atoms with Crippen molar-refractivity contribution in [3.05, 3.63) is 58.9 Å². The van der Waals surface area contributed by atoms with Crippen molar-refractivity contribution in [1.29, 1.82) is 0 Å². The van der Waals surface area contributed by atoms with Gasteiger partial charge in [0, 0.05) is 0 Å². The van der Waals surface area contributed by atoms with E-state index in [2.05, 4.69) is 0 Å². The molecule has 2 rings (SSSR count). The summed E-state index contributed by atoms with van der Waals surface area (Å²) in [5.41, 5.74) is -0.586. The third-order valence-electron chi connectivity index (χ3n) is 3.15. The lowest BCUT2D eigenvalue weighted by Crippen LogP contribution is -2.35. The number of carbonyl (C=O) groups is 2. The van der Waals surface area contributed by atoms with Gasteiger partial charge in [0.2, 0.25) is 0 Å². The lowest BCUT2D eigenvalue weighted by atomic mass is 10.2. The number of rotatable bonds is 6. The predicted molar refractivity (Wildman–Crippen MR) is 87.0 cm³/mol. The smallest absolute Gasteiger partial charge is 0.337 e. The molecular formula is C15H11ClFNO6S. The number of hydrogen-bond acceptors (Lipinski definition) is 4. The van der Waals surface area contributed by atoms with E-state index in [-0.39, 0.29) is 21.2 Å². The third-order valence-corrected chi connectivity index (χ3v) is 5.27. The van der Waals surface area contributed by atoms with E-state index in [0.717, 1.165) is 36.4 Å². The van der Waals surface area contributed by atoms with Crippen LogP contribution < -0.4 is 4.31 Å². The predicted octanol–water partition coefficient (Wildman–Crippen LogP) is 2.46. The van der Waals surface area contributed by atoms with Crippen LogP contribution in [-0.2, 0) is 14.8 Å². The Hall–Kier alpha value is -2.65. The zero-order chi connectivity index (χ0) is 18.8. The Bertz CT molecular complexity index is 930. The highest BCUT2D eigenvalue weighted by molar-refractivity contribution is 7.92. The second kappa shape index (κ2) is 7.08. The molecule has 0 atom stereocenters. The number of sulfonamides is 1. The van der Waals surface area contributed by atoms with E-state index in [0.29, 0.717) is 4.31 Å². The summed E-state index contributed by atoms with van der Waals surface area (Å²) in [6.45, 7) is -0.958. The van der Waals surface area contributed by atoms with Gasteiger partial charge in [-0.1, -0.05) is 11.6 Å². The zero-order valence-electron chi connectivity index (χ0n) is 12.4. The molecule has 7 nitrogen and oxygen atoms in total. The van der Waals surface area contributed by atoms with Crippen molar-refractivity contribution in [1.82, 2.24) is 0 Å². The van der Waals surface area contributed by atoms with Gasteiger partial charge in [0.25, 0.3) is 10.0 Å². The van der Waals surface area contributed by atoms with Crippen LogP contribution in [0.4, 0.5) is 10.1 Å². The molecule has 0 saturated heterocycles. The maximum atomic E-state index is 13.0. The van der Waals surface area contributed by atoms with Crippen LogP contribution in [0.3, 0.4) is 0 Å². The first-order valence-electron chi connectivity index (χ1n) is 6.66. The maximum Gasteiger partial charge on any atom is 0.337 e. The summed E-state index contributed by atoms with van der Waals surface area (Å²) in [5, 5.41) is 18.0. The largest absolute Gasteiger partial charge is 0.480 e. The Balaban J connectivity index is 2.60. The molecule has 0 aliphatic carbocycles. The van der Waals surface area contributed by atoms with Crippen LogP contribution >= 0.6 is 11.6 Å². The van der Waals surface area contributed by atoms with E-state index in [4.69, 9.17) is 21.8 Å². The standard InChI is InChI=1S/C15H11ClFNO6S/c16-13-6-3-10(7-12(13)15(21)22)18(8-14(19)20)25(23,24)11-4-1-9(17)2-5-11/h1-7H,8H2,(H,19,20)(H,21,22). The molecule has 0 radical (unpaired) electrons. The second-order valence-corrected chi connectivity index (χ2v) is 7.10. The summed E-state index contributed by atoms with van der Waals surface area (Å²) >= 11 is 5.74. The molecule has 0 aliphatic rings. The van der Waals surface area contributed by atoms with Gasteiger partial charge in [-0.2, -0.15) is 0 Å². The van der Waals surface area contributed by atoms with Crippen molar-refractivity contribution in [2.45, 2.75) is 4.90 Å². The minimum absolute atomic E-state index is 0.134. The average molecular weight is 388 g/mol. The average Bonchev–Trinajstić information content (AvgIpc) is 2.53. The van der Waals surface area contributed by atoms with Crippen LogP contribution in [0, 0.1) is 5.82 Å². The van der Waals surface area contributed by atoms with Crippen LogP contribution in [-0.4, -0.2) is 37.1 Å². The highest BCUT2D eigenvalue weighted by Crippen LogP contribution is 2.28. The molecule has 10 heteroatoms. The van der Waals surface area contributed by atoms with Crippen molar-refractivity contribution in [3.8, 4) is 0 Å². The molecule has 25 heavy (non-hydrogen) atoms. The van der Waals surface area contributed by atoms with Crippen LogP contribution in [0.25, 0.3) is 0 Å². The molecule has 0 amide bonds. The highest BCUT2D eigenvalue weighted by Gasteiger charge is 2.28. The van der Waals surface area contributed by atoms with Gasteiger partial charge in [-0.3, -0.25) is 9.10 Å². The Kier molecular flexibility index (Phi) is 5.29. The number of nitrogens with zero attached hydrogens (tertiary/aromatic N) is 1. The van der Waals surface area contributed by atoms with Crippen LogP contribution in [0.2, 0.25) is 5.02 Å². The molecule has 0 fully saturated rings. The van der Waals surface area contributed by atoms with Gasteiger partial charge in [0.1, 0.15) is 12.4 Å². The molecule has 0 heterocycles. The molecule has 2 N–H and O–H groups in total. The first-order chi connectivity index (χ1) is 11.6. The monoisotopic (exact) mass is 387 g/mol. The van der Waals surface area contributed by atoms with Crippen molar-refractivity contribution < 1.29 is 32.6 Å². The topological polar surface area (TPSA) is 112 Å². The molecule has 0 aromatic heterocycles. The number of aliphatic carboxylic acids is 1. The Morgan fingerprint density at radius 1 is 1.08 bits per heavy atom. The van der Waals surface area contributed by atoms with Crippen LogP contribution in [0.5, 0.6) is 0 Å². The fourth-order valence-corrected chi connectivity index (χ4v) is 3.61. The Morgan fingerprint density at radius 3 is 2.20 bits per heavy atom. The molecule has 0 aliphatic heterocycles. The minimum atomic E-state index is -4.37. The number of halogens is 2. The number of benzene rings is 2. The Morgan fingerprint density at radius 2 is 1.68 bits per heavy atom. The van der Waals surface area contributed by atoms with Crippen molar-refractivity contribution in [3.63, 3.8) is 0 Å². The van der Waals surface area contributed by atoms with Gasteiger partial charge in [0.15, 0.2) is 0 Å². The quantitative estimate of drug-likeness (QED) is 0.787. The maximum absolute atomic E-state index is 13.0. The number of hydrogen-bond donors (Lipinski definition) is 2. The van der Waals surface area contributed by atoms with E-state index >= 15 is 0 Å². The molecule has 2 aromatic rings. The third kappa shape index (κ3) is 4.06. The first-order valence-corrected chi connectivity index (χ1v) is 8.47. The number of aromatic carboxylic acids is 1. The molecule has 132 valence electrons. The van der Waals surface area contributed by atoms with Crippen LogP contribution in [0.1, 0.15) is 10.4 Å². The summed E-state index contributed by atoms with van der Waals surface area (Å²) in [6, 6.07) is 7.07. The fourth-order valence-electron chi connectivity index (χ4n) is 2.00. The molecular weight excluding hydrogens is 377 g/mol. The molecule has 0 unspecified atom stereocenters. The summed E-state index contributed by atoms with van der Waals surface area (Å²) in [6.07, 6.45) is 0. The lowest BCUT2D eigenvalue weighted by Gasteiger charge is -2.23. The van der Waals surface area contributed by atoms with Gasteiger partial charge in [0.05, 0.1) is 21.2 Å². The summed E-state index contributed by atoms with van der Waals surface area (Å²) in [4.78, 5) is 21.9. The van der Waals surface area contributed by atoms with Gasteiger partial charge >= 0.3 is 11.9 Å². The highest BCUT2D eigenvalue weighted by atomic mass is 35.5. The number of carboxylic acids is 2. The molecule has 0 spiro atoms. The summed E-state index contributed by atoms with van der Waals surface area (Å²) < 4.78 is 38.9. The second-order valence-electron chi connectivity index (χ2n) is 4.83. The summed E-state index contributed by atoms with van der Waals surface area (Å²) in [7, 11) is -4.37. The fraction of sp³-hybridized carbons (Fsp3) is 0.0667. The van der Waals surface area contributed by atoms with E-state index in [1.165, 1.54) is 6.07 Å². The minimum Gasteiger partial charge on any atom is -0.480 e. The summed E-state index contributed by atoms with van der Waals surface area (Å²) in [5.74, 6) is -3.53. The molecule has 2 aromatic carbocycles. The van der Waals surface area contributed by atoms with E-state index < -0.39 is 34.3 Å². The van der Waals surface area contributed by atoms with Crippen LogP contribution in [0.15, 0.2) is 47.4 Å². The number of carboxylic acid groups (broad SMARTS) is 2.